The number of aldehydes is 1. The fourth-order valence-corrected chi connectivity index (χ4v) is 3.63. The van der Waals surface area contributed by atoms with Crippen LogP contribution in [0, 0.1) is 22.7 Å². The Morgan fingerprint density at radius 3 is 2.00 bits per heavy atom. The van der Waals surface area contributed by atoms with E-state index in [2.05, 4.69) is 29.2 Å². The van der Waals surface area contributed by atoms with Crippen LogP contribution in [0.4, 0.5) is 11.4 Å². The molecule has 0 amide bonds. The number of carbonyl (C=O) groups excluding carboxylic acids is 1. The van der Waals surface area contributed by atoms with Crippen molar-refractivity contribution < 1.29 is 4.79 Å². The summed E-state index contributed by atoms with van der Waals surface area (Å²) >= 11 is 0. The third kappa shape index (κ3) is 4.15. The van der Waals surface area contributed by atoms with Crippen LogP contribution in [0.3, 0.4) is 0 Å². The lowest BCUT2D eigenvalue weighted by molar-refractivity contribution is 0.112. The van der Waals surface area contributed by atoms with E-state index >= 15 is 0 Å². The maximum Gasteiger partial charge on any atom is 0.150 e. The van der Waals surface area contributed by atoms with Crippen LogP contribution in [0.5, 0.6) is 0 Å². The van der Waals surface area contributed by atoms with Gasteiger partial charge in [0.1, 0.15) is 18.4 Å². The minimum absolute atomic E-state index is 0.374. The summed E-state index contributed by atoms with van der Waals surface area (Å²) in [7, 11) is 0. The topological polar surface area (TPSA) is 67.9 Å². The monoisotopic (exact) mass is 401 g/mol. The first-order valence-corrected chi connectivity index (χ1v) is 10.0. The maximum atomic E-state index is 11.0. The smallest absolute Gasteiger partial charge is 0.150 e. The molecule has 0 heterocycles. The molecular weight excluding hydrogens is 382 g/mol. The van der Waals surface area contributed by atoms with Crippen molar-refractivity contribution in [2.24, 2.45) is 0 Å². The first-order chi connectivity index (χ1) is 15.2. The molecule has 0 aromatic heterocycles. The van der Waals surface area contributed by atoms with Crippen molar-refractivity contribution in [2.75, 3.05) is 4.90 Å². The average molecular weight is 401 g/mol. The number of hydrogen-bond donors (Lipinski definition) is 0. The molecule has 3 aromatic rings. The lowest BCUT2D eigenvalue weighted by atomic mass is 9.99. The maximum absolute atomic E-state index is 11.0. The molecule has 1 aliphatic carbocycles. The summed E-state index contributed by atoms with van der Waals surface area (Å²) in [5.74, 6) is 0. The summed E-state index contributed by atoms with van der Waals surface area (Å²) in [6, 6.07) is 25.0. The number of rotatable bonds is 5. The summed E-state index contributed by atoms with van der Waals surface area (Å²) in [5.41, 5.74) is 6.30. The summed E-state index contributed by atoms with van der Waals surface area (Å²) in [6.07, 6.45) is 9.34. The second kappa shape index (κ2) is 8.95. The molecule has 4 nitrogen and oxygen atoms in total. The molecule has 0 saturated heterocycles. The lowest BCUT2D eigenvalue weighted by Gasteiger charge is -2.28. The second-order valence-corrected chi connectivity index (χ2v) is 7.18. The van der Waals surface area contributed by atoms with Gasteiger partial charge in [0.25, 0.3) is 0 Å². The van der Waals surface area contributed by atoms with E-state index in [1.807, 2.05) is 60.7 Å². The van der Waals surface area contributed by atoms with E-state index in [1.165, 1.54) is 0 Å². The van der Waals surface area contributed by atoms with Crippen molar-refractivity contribution >= 4 is 17.7 Å². The van der Waals surface area contributed by atoms with Crippen LogP contribution in [0.25, 0.3) is 11.1 Å². The highest BCUT2D eigenvalue weighted by molar-refractivity contribution is 5.78. The Balaban J connectivity index is 1.72. The van der Waals surface area contributed by atoms with Gasteiger partial charge in [-0.2, -0.15) is 10.5 Å². The molecule has 0 unspecified atom stereocenters. The summed E-state index contributed by atoms with van der Waals surface area (Å²) < 4.78 is 0. The minimum Gasteiger partial charge on any atom is -0.311 e. The number of benzene rings is 3. The van der Waals surface area contributed by atoms with Crippen LogP contribution in [0.2, 0.25) is 0 Å². The molecule has 4 rings (SSSR count). The normalized spacial score (nSPS) is 12.4. The van der Waals surface area contributed by atoms with Crippen molar-refractivity contribution in [3.05, 3.63) is 107 Å². The first kappa shape index (κ1) is 19.9. The van der Waals surface area contributed by atoms with Crippen molar-refractivity contribution in [3.63, 3.8) is 0 Å². The minimum atomic E-state index is 0.374. The molecule has 4 heteroatoms. The lowest BCUT2D eigenvalue weighted by Crippen LogP contribution is -2.16. The van der Waals surface area contributed by atoms with E-state index in [1.54, 1.807) is 12.1 Å². The molecule has 0 fully saturated rings. The molecule has 31 heavy (non-hydrogen) atoms. The quantitative estimate of drug-likeness (QED) is 0.472. The van der Waals surface area contributed by atoms with Crippen molar-refractivity contribution in [1.82, 2.24) is 0 Å². The van der Waals surface area contributed by atoms with Crippen LogP contribution in [-0.4, -0.2) is 6.29 Å². The predicted octanol–water partition coefficient (Wildman–Crippen LogP) is 6.28. The number of allylic oxidation sites excluding steroid dienone is 3. The van der Waals surface area contributed by atoms with E-state index in [0.717, 1.165) is 47.3 Å². The molecule has 0 radical (unpaired) electrons. The number of nitriles is 2. The fraction of sp³-hybridized carbons (Fsp3) is 0.0741. The number of carbonyl (C=O) groups is 1. The van der Waals surface area contributed by atoms with Crippen LogP contribution in [0.15, 0.2) is 90.7 Å². The van der Waals surface area contributed by atoms with Crippen LogP contribution >= 0.6 is 0 Å². The molecule has 0 saturated carbocycles. The standard InChI is InChI=1S/C27H19N3O/c28-17-23-9-8-22(16-24(23)18-29)21-10-14-27(15-11-21)30(25-4-2-1-3-5-25)26-12-6-20(19-31)7-13-26/h2,4-16,19H,1,3H2. The highest BCUT2D eigenvalue weighted by Crippen LogP contribution is 2.34. The van der Waals surface area contributed by atoms with Gasteiger partial charge in [-0.15, -0.1) is 0 Å². The Labute approximate surface area is 181 Å². The SMILES string of the molecule is N#Cc1ccc(-c2ccc(N(C3=CCCC=C3)c3ccc(C=O)cc3)cc2)cc1C#N. The first-order valence-electron chi connectivity index (χ1n) is 10.0. The summed E-state index contributed by atoms with van der Waals surface area (Å²) in [6.45, 7) is 0. The van der Waals surface area contributed by atoms with Gasteiger partial charge < -0.3 is 4.90 Å². The summed E-state index contributed by atoms with van der Waals surface area (Å²) in [5, 5.41) is 18.4. The molecule has 0 N–H and O–H groups in total. The Morgan fingerprint density at radius 2 is 1.42 bits per heavy atom. The van der Waals surface area contributed by atoms with Gasteiger partial charge in [-0.25, -0.2) is 0 Å². The molecule has 0 aliphatic heterocycles. The van der Waals surface area contributed by atoms with Gasteiger partial charge in [-0.1, -0.05) is 30.4 Å². The van der Waals surface area contributed by atoms with E-state index in [9.17, 15) is 10.1 Å². The zero-order valence-electron chi connectivity index (χ0n) is 16.8. The predicted molar refractivity (Wildman–Crippen MR) is 122 cm³/mol. The van der Waals surface area contributed by atoms with E-state index in [0.29, 0.717) is 16.7 Å². The largest absolute Gasteiger partial charge is 0.311 e. The highest BCUT2D eigenvalue weighted by atomic mass is 16.1. The summed E-state index contributed by atoms with van der Waals surface area (Å²) in [4.78, 5) is 13.2. The van der Waals surface area contributed by atoms with Gasteiger partial charge in [-0.05, 0) is 78.6 Å². The number of anilines is 2. The van der Waals surface area contributed by atoms with Crippen molar-refractivity contribution in [1.29, 1.82) is 10.5 Å². The van der Waals surface area contributed by atoms with Gasteiger partial charge in [0, 0.05) is 22.6 Å². The zero-order chi connectivity index (χ0) is 21.6. The third-order valence-corrected chi connectivity index (χ3v) is 5.24. The molecule has 0 spiro atoms. The molecule has 1 aliphatic rings. The van der Waals surface area contributed by atoms with Crippen LogP contribution < -0.4 is 4.90 Å². The van der Waals surface area contributed by atoms with Crippen molar-refractivity contribution in [2.45, 2.75) is 12.8 Å². The Morgan fingerprint density at radius 1 is 0.774 bits per heavy atom. The van der Waals surface area contributed by atoms with Gasteiger partial charge in [0.15, 0.2) is 0 Å². The van der Waals surface area contributed by atoms with E-state index < -0.39 is 0 Å². The molecule has 0 atom stereocenters. The molecule has 148 valence electrons. The van der Waals surface area contributed by atoms with Gasteiger partial charge in [0.05, 0.1) is 11.1 Å². The van der Waals surface area contributed by atoms with E-state index in [-0.39, 0.29) is 0 Å². The van der Waals surface area contributed by atoms with Crippen LogP contribution in [-0.2, 0) is 0 Å². The molecule has 0 bridgehead atoms. The fourth-order valence-electron chi connectivity index (χ4n) is 3.63. The Kier molecular flexibility index (Phi) is 5.74. The zero-order valence-corrected chi connectivity index (χ0v) is 16.8. The second-order valence-electron chi connectivity index (χ2n) is 7.18. The Hall–Kier alpha value is -4.41. The third-order valence-electron chi connectivity index (χ3n) is 5.24. The molecular formula is C27H19N3O. The van der Waals surface area contributed by atoms with Crippen molar-refractivity contribution in [3.8, 4) is 23.3 Å². The van der Waals surface area contributed by atoms with Gasteiger partial charge in [0.2, 0.25) is 0 Å². The van der Waals surface area contributed by atoms with Crippen LogP contribution in [0.1, 0.15) is 34.3 Å². The van der Waals surface area contributed by atoms with E-state index in [4.69, 9.17) is 5.26 Å². The highest BCUT2D eigenvalue weighted by Gasteiger charge is 2.15. The molecule has 3 aromatic carbocycles. The average Bonchev–Trinajstić information content (AvgIpc) is 2.85. The van der Waals surface area contributed by atoms with Gasteiger partial charge in [-0.3, -0.25) is 4.79 Å². The Bertz CT molecular complexity index is 1250. The number of hydrogen-bond acceptors (Lipinski definition) is 4. The number of nitrogens with zero attached hydrogens (tertiary/aromatic N) is 3. The van der Waals surface area contributed by atoms with Gasteiger partial charge >= 0.3 is 0 Å².